The van der Waals surface area contributed by atoms with Crippen molar-refractivity contribution < 1.29 is 24.3 Å². The van der Waals surface area contributed by atoms with Gasteiger partial charge in [-0.2, -0.15) is 0 Å². The normalized spacial score (nSPS) is 23.1. The Bertz CT molecular complexity index is 732. The first-order valence-electron chi connectivity index (χ1n) is 9.09. The average molecular weight is 373 g/mol. The van der Waals surface area contributed by atoms with E-state index in [-0.39, 0.29) is 12.3 Å². The Hall–Kier alpha value is -2.90. The minimum Gasteiger partial charge on any atom is -0.480 e. The summed E-state index contributed by atoms with van der Waals surface area (Å²) in [6.07, 6.45) is 2.42. The first-order chi connectivity index (χ1) is 12.9. The van der Waals surface area contributed by atoms with Crippen molar-refractivity contribution in [3.63, 3.8) is 0 Å². The molecule has 1 heterocycles. The van der Waals surface area contributed by atoms with Crippen molar-refractivity contribution in [2.75, 3.05) is 0 Å². The van der Waals surface area contributed by atoms with Crippen molar-refractivity contribution in [2.24, 2.45) is 5.92 Å². The molecule has 3 atom stereocenters. The highest BCUT2D eigenvalue weighted by molar-refractivity contribution is 5.99. The van der Waals surface area contributed by atoms with Crippen molar-refractivity contribution >= 4 is 23.7 Å². The van der Waals surface area contributed by atoms with Crippen LogP contribution in [0.15, 0.2) is 30.3 Å². The molecule has 1 saturated heterocycles. The molecule has 144 valence electrons. The van der Waals surface area contributed by atoms with E-state index in [1.54, 1.807) is 0 Å². The smallest absolute Gasteiger partial charge is 0.326 e. The van der Waals surface area contributed by atoms with Gasteiger partial charge in [0, 0.05) is 6.42 Å². The van der Waals surface area contributed by atoms with E-state index in [1.165, 1.54) is 0 Å². The number of benzene rings is 1. The van der Waals surface area contributed by atoms with Gasteiger partial charge in [0.2, 0.25) is 17.7 Å². The second-order valence-electron chi connectivity index (χ2n) is 7.15. The quantitative estimate of drug-likeness (QED) is 0.509. The molecule has 1 aromatic carbocycles. The largest absolute Gasteiger partial charge is 0.480 e. The van der Waals surface area contributed by atoms with Gasteiger partial charge >= 0.3 is 5.97 Å². The Morgan fingerprint density at radius 3 is 2.33 bits per heavy atom. The molecule has 0 spiro atoms. The molecule has 2 fully saturated rings. The van der Waals surface area contributed by atoms with Crippen molar-refractivity contribution in [2.45, 2.75) is 50.2 Å². The fourth-order valence-corrected chi connectivity index (χ4v) is 3.16. The summed E-state index contributed by atoms with van der Waals surface area (Å²) >= 11 is 0. The summed E-state index contributed by atoms with van der Waals surface area (Å²) in [5.74, 6) is -2.12. The van der Waals surface area contributed by atoms with Crippen LogP contribution in [0.1, 0.15) is 31.2 Å². The lowest BCUT2D eigenvalue weighted by Crippen LogP contribution is -2.63. The molecule has 3 rings (SSSR count). The minimum atomic E-state index is -1.09. The van der Waals surface area contributed by atoms with Crippen LogP contribution in [0, 0.1) is 5.92 Å². The molecule has 1 saturated carbocycles. The number of carbonyl (C=O) groups is 4. The van der Waals surface area contributed by atoms with E-state index in [4.69, 9.17) is 0 Å². The van der Waals surface area contributed by atoms with Gasteiger partial charge in [-0.05, 0) is 17.9 Å². The summed E-state index contributed by atoms with van der Waals surface area (Å²) in [5, 5.41) is 16.9. The first-order valence-corrected chi connectivity index (χ1v) is 9.09. The highest BCUT2D eigenvalue weighted by Crippen LogP contribution is 2.33. The Balaban J connectivity index is 1.52. The maximum absolute atomic E-state index is 12.3. The first kappa shape index (κ1) is 18.9. The van der Waals surface area contributed by atoms with Crippen LogP contribution >= 0.6 is 0 Å². The lowest BCUT2D eigenvalue weighted by molar-refractivity contribution is -0.143. The van der Waals surface area contributed by atoms with Crippen LogP contribution in [0.3, 0.4) is 0 Å². The highest BCUT2D eigenvalue weighted by atomic mass is 16.4. The monoisotopic (exact) mass is 373 g/mol. The van der Waals surface area contributed by atoms with Crippen LogP contribution in [0.25, 0.3) is 0 Å². The molecule has 4 N–H and O–H groups in total. The number of rotatable bonds is 8. The highest BCUT2D eigenvalue weighted by Gasteiger charge is 2.36. The standard InChI is InChI=1S/C19H23N3O5/c23-16(20-15(19(26)27)9-12-6-7-12)10-14-18(25)21-13(17(24)22-14)8-11-4-2-1-3-5-11/h1-5,12-15H,6-10H2,(H,20,23)(H,21,25)(H,22,24)(H,26,27)/t13-,14-,15-/m0/s1. The van der Waals surface area contributed by atoms with E-state index in [2.05, 4.69) is 16.0 Å². The summed E-state index contributed by atoms with van der Waals surface area (Å²) in [6.45, 7) is 0. The number of carbonyl (C=O) groups excluding carboxylic acids is 3. The Morgan fingerprint density at radius 1 is 1.07 bits per heavy atom. The Kier molecular flexibility index (Phi) is 5.73. The topological polar surface area (TPSA) is 125 Å². The van der Waals surface area contributed by atoms with Gasteiger partial charge in [0.05, 0.1) is 6.42 Å². The summed E-state index contributed by atoms with van der Waals surface area (Å²) < 4.78 is 0. The summed E-state index contributed by atoms with van der Waals surface area (Å²) in [4.78, 5) is 47.9. The average Bonchev–Trinajstić information content (AvgIpc) is 3.43. The SMILES string of the molecule is O=C(C[C@@H]1NC(=O)[C@H](Cc2ccccc2)NC1=O)N[C@@H](CC1CC1)C(=O)O. The third-order valence-corrected chi connectivity index (χ3v) is 4.84. The second-order valence-corrected chi connectivity index (χ2v) is 7.15. The number of nitrogens with one attached hydrogen (secondary N) is 3. The second kappa shape index (κ2) is 8.20. The molecule has 3 amide bonds. The summed E-state index contributed by atoms with van der Waals surface area (Å²) in [5.41, 5.74) is 0.915. The van der Waals surface area contributed by atoms with E-state index >= 15 is 0 Å². The number of hydrogen-bond acceptors (Lipinski definition) is 4. The van der Waals surface area contributed by atoms with Gasteiger partial charge in [0.25, 0.3) is 0 Å². The van der Waals surface area contributed by atoms with Crippen LogP contribution in [-0.2, 0) is 25.6 Å². The molecular formula is C19H23N3O5. The van der Waals surface area contributed by atoms with Crippen molar-refractivity contribution in [3.05, 3.63) is 35.9 Å². The zero-order valence-electron chi connectivity index (χ0n) is 14.8. The molecule has 8 heteroatoms. The van der Waals surface area contributed by atoms with Crippen LogP contribution in [0.5, 0.6) is 0 Å². The number of hydrogen-bond donors (Lipinski definition) is 4. The number of amides is 3. The Morgan fingerprint density at radius 2 is 1.70 bits per heavy atom. The molecule has 0 aromatic heterocycles. The predicted octanol–water partition coefficient (Wildman–Crippen LogP) is -0.0281. The molecule has 0 unspecified atom stereocenters. The third kappa shape index (κ3) is 5.29. The molecule has 0 radical (unpaired) electrons. The number of aliphatic carboxylic acids is 1. The van der Waals surface area contributed by atoms with E-state index < -0.39 is 35.9 Å². The molecular weight excluding hydrogens is 350 g/mol. The number of carboxylic acid groups (broad SMARTS) is 1. The molecule has 2 aliphatic rings. The fourth-order valence-electron chi connectivity index (χ4n) is 3.16. The van der Waals surface area contributed by atoms with E-state index in [0.717, 1.165) is 18.4 Å². The number of carboxylic acids is 1. The van der Waals surface area contributed by atoms with Crippen LogP contribution in [-0.4, -0.2) is 46.9 Å². The van der Waals surface area contributed by atoms with Crippen molar-refractivity contribution in [1.29, 1.82) is 0 Å². The van der Waals surface area contributed by atoms with Gasteiger partial charge in [0.15, 0.2) is 0 Å². The summed E-state index contributed by atoms with van der Waals surface area (Å²) in [6, 6.07) is 6.65. The number of piperazine rings is 1. The molecule has 27 heavy (non-hydrogen) atoms. The molecule has 1 aliphatic heterocycles. The molecule has 1 aromatic rings. The van der Waals surface area contributed by atoms with Gasteiger partial charge in [0.1, 0.15) is 18.1 Å². The molecule has 1 aliphatic carbocycles. The van der Waals surface area contributed by atoms with Gasteiger partial charge in [-0.25, -0.2) is 4.79 Å². The van der Waals surface area contributed by atoms with Gasteiger partial charge in [-0.15, -0.1) is 0 Å². The van der Waals surface area contributed by atoms with Crippen molar-refractivity contribution in [1.82, 2.24) is 16.0 Å². The van der Waals surface area contributed by atoms with Crippen LogP contribution in [0.2, 0.25) is 0 Å². The minimum absolute atomic E-state index is 0.288. The predicted molar refractivity (Wildman–Crippen MR) is 95.5 cm³/mol. The van der Waals surface area contributed by atoms with Crippen molar-refractivity contribution in [3.8, 4) is 0 Å². The van der Waals surface area contributed by atoms with Gasteiger partial charge in [-0.3, -0.25) is 14.4 Å². The fraction of sp³-hybridized carbons (Fsp3) is 0.474. The maximum atomic E-state index is 12.3. The maximum Gasteiger partial charge on any atom is 0.326 e. The third-order valence-electron chi connectivity index (χ3n) is 4.84. The van der Waals surface area contributed by atoms with Gasteiger partial charge in [-0.1, -0.05) is 43.2 Å². The molecule has 0 bridgehead atoms. The lowest BCUT2D eigenvalue weighted by Gasteiger charge is -2.29. The van der Waals surface area contributed by atoms with E-state index in [0.29, 0.717) is 18.8 Å². The summed E-state index contributed by atoms with van der Waals surface area (Å²) in [7, 11) is 0. The zero-order valence-corrected chi connectivity index (χ0v) is 14.8. The van der Waals surface area contributed by atoms with E-state index in [9.17, 15) is 24.3 Å². The lowest BCUT2D eigenvalue weighted by atomic mass is 10.0. The Labute approximate surface area is 156 Å². The van der Waals surface area contributed by atoms with Gasteiger partial charge < -0.3 is 21.1 Å². The van der Waals surface area contributed by atoms with Crippen LogP contribution in [0.4, 0.5) is 0 Å². The van der Waals surface area contributed by atoms with Crippen LogP contribution < -0.4 is 16.0 Å². The van der Waals surface area contributed by atoms with E-state index in [1.807, 2.05) is 30.3 Å². The zero-order chi connectivity index (χ0) is 19.4. The molecule has 8 nitrogen and oxygen atoms in total.